The molecule has 1 N–H and O–H groups in total. The molecule has 2 rings (SSSR count). The van der Waals surface area contributed by atoms with E-state index in [1.807, 2.05) is 0 Å². The highest BCUT2D eigenvalue weighted by atomic mass is 16.5. The van der Waals surface area contributed by atoms with Gasteiger partial charge < -0.3 is 10.1 Å². The number of ether oxygens (including phenoxy) is 1. The van der Waals surface area contributed by atoms with Crippen LogP contribution >= 0.6 is 0 Å². The van der Waals surface area contributed by atoms with E-state index in [1.54, 1.807) is 0 Å². The van der Waals surface area contributed by atoms with E-state index in [0.29, 0.717) is 12.1 Å². The molecule has 19 heavy (non-hydrogen) atoms. The standard InChI is InChI=1S/C17H27NO/c1-4-18-17(15-8-6-13(3)7-9-15)12-14-10-16(11-14)19-5-2/h6-9,14,16-18H,4-5,10-12H2,1-3H3. The largest absolute Gasteiger partial charge is 0.378 e. The van der Waals surface area contributed by atoms with Gasteiger partial charge in [-0.05, 0) is 51.1 Å². The Hall–Kier alpha value is -0.860. The predicted molar refractivity (Wildman–Crippen MR) is 80.4 cm³/mol. The monoisotopic (exact) mass is 261 g/mol. The van der Waals surface area contributed by atoms with Crippen molar-refractivity contribution in [1.82, 2.24) is 5.32 Å². The normalized spacial score (nSPS) is 23.9. The second kappa shape index (κ2) is 7.06. The summed E-state index contributed by atoms with van der Waals surface area (Å²) in [6.07, 6.45) is 4.24. The van der Waals surface area contributed by atoms with Crippen molar-refractivity contribution >= 4 is 0 Å². The first kappa shape index (κ1) is 14.5. The SMILES string of the molecule is CCNC(CC1CC(OCC)C1)c1ccc(C)cc1. The molecular weight excluding hydrogens is 234 g/mol. The van der Waals surface area contributed by atoms with Crippen LogP contribution in [0.25, 0.3) is 0 Å². The molecule has 106 valence electrons. The van der Waals surface area contributed by atoms with Crippen LogP contribution in [0, 0.1) is 12.8 Å². The minimum Gasteiger partial charge on any atom is -0.378 e. The van der Waals surface area contributed by atoms with Crippen molar-refractivity contribution in [3.63, 3.8) is 0 Å². The van der Waals surface area contributed by atoms with Crippen LogP contribution < -0.4 is 5.32 Å². The smallest absolute Gasteiger partial charge is 0.0580 e. The molecule has 1 fully saturated rings. The van der Waals surface area contributed by atoms with E-state index in [4.69, 9.17) is 4.74 Å². The molecule has 0 saturated heterocycles. The summed E-state index contributed by atoms with van der Waals surface area (Å²) in [6.45, 7) is 8.29. The van der Waals surface area contributed by atoms with Gasteiger partial charge in [0.25, 0.3) is 0 Å². The van der Waals surface area contributed by atoms with Gasteiger partial charge in [-0.15, -0.1) is 0 Å². The number of benzene rings is 1. The van der Waals surface area contributed by atoms with Gasteiger partial charge in [-0.1, -0.05) is 36.8 Å². The molecule has 0 heterocycles. The molecule has 2 nitrogen and oxygen atoms in total. The fraction of sp³-hybridized carbons (Fsp3) is 0.647. The quantitative estimate of drug-likeness (QED) is 0.805. The lowest BCUT2D eigenvalue weighted by Gasteiger charge is -2.37. The molecule has 1 unspecified atom stereocenters. The summed E-state index contributed by atoms with van der Waals surface area (Å²) in [5, 5.41) is 3.62. The van der Waals surface area contributed by atoms with Crippen LogP contribution in [0.4, 0.5) is 0 Å². The van der Waals surface area contributed by atoms with Gasteiger partial charge in [0.1, 0.15) is 0 Å². The molecule has 1 aromatic rings. The third-order valence-corrected chi connectivity index (χ3v) is 4.09. The Balaban J connectivity index is 1.88. The van der Waals surface area contributed by atoms with Crippen molar-refractivity contribution in [2.75, 3.05) is 13.2 Å². The lowest BCUT2D eigenvalue weighted by Crippen LogP contribution is -2.34. The summed E-state index contributed by atoms with van der Waals surface area (Å²) < 4.78 is 5.65. The van der Waals surface area contributed by atoms with Crippen LogP contribution in [0.2, 0.25) is 0 Å². The summed E-state index contributed by atoms with van der Waals surface area (Å²) in [6, 6.07) is 9.45. The zero-order valence-electron chi connectivity index (χ0n) is 12.5. The van der Waals surface area contributed by atoms with Crippen molar-refractivity contribution in [2.45, 2.75) is 52.2 Å². The molecule has 0 aromatic heterocycles. The van der Waals surface area contributed by atoms with E-state index in [2.05, 4.69) is 50.4 Å². The van der Waals surface area contributed by atoms with E-state index in [0.717, 1.165) is 19.1 Å². The number of nitrogens with one attached hydrogen (secondary N) is 1. The van der Waals surface area contributed by atoms with Gasteiger partial charge in [-0.25, -0.2) is 0 Å². The van der Waals surface area contributed by atoms with Crippen LogP contribution in [-0.2, 0) is 4.74 Å². The van der Waals surface area contributed by atoms with Gasteiger partial charge in [0.2, 0.25) is 0 Å². The number of aryl methyl sites for hydroxylation is 1. The summed E-state index contributed by atoms with van der Waals surface area (Å²) >= 11 is 0. The summed E-state index contributed by atoms with van der Waals surface area (Å²) in [7, 11) is 0. The van der Waals surface area contributed by atoms with Crippen molar-refractivity contribution in [2.24, 2.45) is 5.92 Å². The van der Waals surface area contributed by atoms with Crippen molar-refractivity contribution in [1.29, 1.82) is 0 Å². The van der Waals surface area contributed by atoms with Gasteiger partial charge in [-0.3, -0.25) is 0 Å². The van der Waals surface area contributed by atoms with Gasteiger partial charge >= 0.3 is 0 Å². The molecule has 0 amide bonds. The van der Waals surface area contributed by atoms with E-state index >= 15 is 0 Å². The van der Waals surface area contributed by atoms with E-state index in [1.165, 1.54) is 30.4 Å². The molecule has 0 radical (unpaired) electrons. The van der Waals surface area contributed by atoms with Gasteiger partial charge in [0.05, 0.1) is 6.10 Å². The maximum atomic E-state index is 5.65. The molecule has 0 bridgehead atoms. The number of rotatable bonds is 7. The fourth-order valence-electron chi connectivity index (χ4n) is 2.95. The van der Waals surface area contributed by atoms with Crippen molar-refractivity contribution in [3.8, 4) is 0 Å². The van der Waals surface area contributed by atoms with Crippen LogP contribution in [-0.4, -0.2) is 19.3 Å². The van der Waals surface area contributed by atoms with Gasteiger partial charge in [0, 0.05) is 12.6 Å². The highest BCUT2D eigenvalue weighted by Gasteiger charge is 2.31. The highest BCUT2D eigenvalue weighted by molar-refractivity contribution is 5.24. The first-order chi connectivity index (χ1) is 9.22. The minimum atomic E-state index is 0.498. The lowest BCUT2D eigenvalue weighted by atomic mass is 9.77. The lowest BCUT2D eigenvalue weighted by molar-refractivity contribution is -0.0291. The Labute approximate surface area is 117 Å². The Morgan fingerprint density at radius 2 is 1.89 bits per heavy atom. The Morgan fingerprint density at radius 1 is 1.21 bits per heavy atom. The molecule has 0 aliphatic heterocycles. The van der Waals surface area contributed by atoms with Crippen LogP contribution in [0.5, 0.6) is 0 Å². The molecular formula is C17H27NO. The third-order valence-electron chi connectivity index (χ3n) is 4.09. The predicted octanol–water partition coefficient (Wildman–Crippen LogP) is 3.85. The first-order valence-electron chi connectivity index (χ1n) is 7.64. The summed E-state index contributed by atoms with van der Waals surface area (Å²) in [5.74, 6) is 0.821. The summed E-state index contributed by atoms with van der Waals surface area (Å²) in [5.41, 5.74) is 2.76. The molecule has 2 heteroatoms. The zero-order valence-corrected chi connectivity index (χ0v) is 12.5. The molecule has 1 saturated carbocycles. The maximum absolute atomic E-state index is 5.65. The highest BCUT2D eigenvalue weighted by Crippen LogP contribution is 2.36. The van der Waals surface area contributed by atoms with Crippen molar-refractivity contribution < 1.29 is 4.74 Å². The first-order valence-corrected chi connectivity index (χ1v) is 7.64. The molecule has 1 aliphatic carbocycles. The van der Waals surface area contributed by atoms with Gasteiger partial charge in [-0.2, -0.15) is 0 Å². The van der Waals surface area contributed by atoms with E-state index in [9.17, 15) is 0 Å². The van der Waals surface area contributed by atoms with Gasteiger partial charge in [0.15, 0.2) is 0 Å². The Morgan fingerprint density at radius 3 is 2.47 bits per heavy atom. The average Bonchev–Trinajstić information content (AvgIpc) is 2.36. The molecule has 0 spiro atoms. The Bertz CT molecular complexity index is 367. The number of hydrogen-bond acceptors (Lipinski definition) is 2. The van der Waals surface area contributed by atoms with E-state index < -0.39 is 0 Å². The number of hydrogen-bond donors (Lipinski definition) is 1. The van der Waals surface area contributed by atoms with Crippen LogP contribution in [0.3, 0.4) is 0 Å². The topological polar surface area (TPSA) is 21.3 Å². The molecule has 1 aromatic carbocycles. The second-order valence-electron chi connectivity index (χ2n) is 5.67. The fourth-order valence-corrected chi connectivity index (χ4v) is 2.95. The Kier molecular flexibility index (Phi) is 5.41. The zero-order chi connectivity index (χ0) is 13.7. The minimum absolute atomic E-state index is 0.498. The second-order valence-corrected chi connectivity index (χ2v) is 5.67. The average molecular weight is 261 g/mol. The third kappa shape index (κ3) is 4.05. The van der Waals surface area contributed by atoms with E-state index in [-0.39, 0.29) is 0 Å². The van der Waals surface area contributed by atoms with Crippen molar-refractivity contribution in [3.05, 3.63) is 35.4 Å². The maximum Gasteiger partial charge on any atom is 0.0580 e. The summed E-state index contributed by atoms with van der Waals surface area (Å²) in [4.78, 5) is 0. The van der Waals surface area contributed by atoms with Crippen LogP contribution in [0.1, 0.15) is 50.3 Å². The van der Waals surface area contributed by atoms with Crippen LogP contribution in [0.15, 0.2) is 24.3 Å². The molecule has 1 atom stereocenters. The molecule has 1 aliphatic rings.